The number of nitrogens with one attached hydrogen (secondary N) is 1. The molecule has 0 aliphatic rings. The maximum atomic E-state index is 11.2. The van der Waals surface area contributed by atoms with E-state index in [1.165, 1.54) is 30.4 Å². The van der Waals surface area contributed by atoms with Crippen molar-refractivity contribution >= 4 is 29.4 Å². The molecule has 20 heavy (non-hydrogen) atoms. The largest absolute Gasteiger partial charge is 0.394 e. The number of thioether (sulfide) groups is 2. The number of hydrogen-bond donors (Lipinski definition) is 5. The lowest BCUT2D eigenvalue weighted by Gasteiger charge is -2.34. The number of hydrogen-bond acceptors (Lipinski definition) is 7. The van der Waals surface area contributed by atoms with Gasteiger partial charge in [-0.25, -0.2) is 0 Å². The van der Waals surface area contributed by atoms with E-state index in [1.807, 2.05) is 13.8 Å². The van der Waals surface area contributed by atoms with E-state index < -0.39 is 36.9 Å². The molecule has 1 amide bonds. The summed E-state index contributed by atoms with van der Waals surface area (Å²) in [4.78, 5) is 11.2. The predicted octanol–water partition coefficient (Wildman–Crippen LogP) is -0.602. The summed E-state index contributed by atoms with van der Waals surface area (Å²) in [6.45, 7) is 4.53. The quantitative estimate of drug-likeness (QED) is 0.341. The molecule has 0 aromatic heterocycles. The molecule has 4 atom stereocenters. The van der Waals surface area contributed by atoms with Crippen LogP contribution in [0.25, 0.3) is 0 Å². The minimum Gasteiger partial charge on any atom is -0.394 e. The van der Waals surface area contributed by atoms with Crippen LogP contribution in [-0.4, -0.2) is 73.4 Å². The third kappa shape index (κ3) is 6.64. The minimum absolute atomic E-state index is 0.234. The van der Waals surface area contributed by atoms with Crippen LogP contribution in [0, 0.1) is 0 Å². The second-order valence-corrected chi connectivity index (χ2v) is 7.37. The molecule has 8 heteroatoms. The summed E-state index contributed by atoms with van der Waals surface area (Å²) in [5, 5.41) is 41.2. The fraction of sp³-hybridized carbons (Fsp3) is 0.917. The molecule has 6 nitrogen and oxygen atoms in total. The van der Waals surface area contributed by atoms with Crippen LogP contribution in [0.4, 0.5) is 0 Å². The van der Waals surface area contributed by atoms with Gasteiger partial charge in [0.15, 0.2) is 0 Å². The molecule has 0 spiro atoms. The topological polar surface area (TPSA) is 110 Å². The standard InChI is InChI=1S/C12H25NO5S2/c1-4-19-12(20-5-2)11(18)9(13-7(3)15)10(17)8(16)6-14/h8-12,14,16-18H,4-6H2,1-3H3,(H,13,15)/t8-,9-,10-,11+/m1/s1. The molecule has 0 rings (SSSR count). The van der Waals surface area contributed by atoms with Crippen molar-refractivity contribution in [3.05, 3.63) is 0 Å². The van der Waals surface area contributed by atoms with E-state index >= 15 is 0 Å². The second-order valence-electron chi connectivity index (χ2n) is 4.24. The number of amides is 1. The van der Waals surface area contributed by atoms with Gasteiger partial charge in [-0.3, -0.25) is 4.79 Å². The zero-order valence-corrected chi connectivity index (χ0v) is 13.7. The van der Waals surface area contributed by atoms with E-state index in [4.69, 9.17) is 5.11 Å². The Hall–Kier alpha value is 0.01000. The molecule has 0 aliphatic carbocycles. The highest BCUT2D eigenvalue weighted by molar-refractivity contribution is 8.17. The van der Waals surface area contributed by atoms with E-state index in [2.05, 4.69) is 5.32 Å². The molecule has 5 N–H and O–H groups in total. The van der Waals surface area contributed by atoms with Gasteiger partial charge in [0, 0.05) is 6.92 Å². The summed E-state index contributed by atoms with van der Waals surface area (Å²) in [5.74, 6) is 1.14. The molecule has 0 fully saturated rings. The van der Waals surface area contributed by atoms with E-state index in [0.29, 0.717) is 0 Å². The maximum Gasteiger partial charge on any atom is 0.217 e. The highest BCUT2D eigenvalue weighted by atomic mass is 32.2. The lowest BCUT2D eigenvalue weighted by atomic mass is 10.0. The Morgan fingerprint density at radius 2 is 1.60 bits per heavy atom. The summed E-state index contributed by atoms with van der Waals surface area (Å²) >= 11 is 3.02. The van der Waals surface area contributed by atoms with Crippen LogP contribution in [0.2, 0.25) is 0 Å². The average Bonchev–Trinajstić information content (AvgIpc) is 2.42. The second kappa shape index (κ2) is 10.7. The Balaban J connectivity index is 5.01. The van der Waals surface area contributed by atoms with Crippen LogP contribution in [0.3, 0.4) is 0 Å². The average molecular weight is 327 g/mol. The van der Waals surface area contributed by atoms with Gasteiger partial charge in [0.1, 0.15) is 12.2 Å². The monoisotopic (exact) mass is 327 g/mol. The van der Waals surface area contributed by atoms with Gasteiger partial charge in [-0.05, 0) is 11.5 Å². The van der Waals surface area contributed by atoms with Crippen molar-refractivity contribution in [2.45, 2.75) is 49.7 Å². The lowest BCUT2D eigenvalue weighted by Crippen LogP contribution is -2.57. The van der Waals surface area contributed by atoms with Crippen molar-refractivity contribution in [3.63, 3.8) is 0 Å². The van der Waals surface area contributed by atoms with Crippen LogP contribution >= 0.6 is 23.5 Å². The van der Waals surface area contributed by atoms with Crippen LogP contribution in [0.1, 0.15) is 20.8 Å². The van der Waals surface area contributed by atoms with Crippen molar-refractivity contribution in [2.75, 3.05) is 18.1 Å². The molecule has 0 aromatic carbocycles. The zero-order chi connectivity index (χ0) is 15.7. The van der Waals surface area contributed by atoms with Crippen molar-refractivity contribution in [2.24, 2.45) is 0 Å². The first-order valence-electron chi connectivity index (χ1n) is 6.54. The van der Waals surface area contributed by atoms with Gasteiger partial charge in [-0.2, -0.15) is 0 Å². The van der Waals surface area contributed by atoms with Gasteiger partial charge >= 0.3 is 0 Å². The summed E-state index contributed by atoms with van der Waals surface area (Å²) in [6, 6.07) is -1.03. The Morgan fingerprint density at radius 1 is 1.10 bits per heavy atom. The molecule has 0 radical (unpaired) electrons. The lowest BCUT2D eigenvalue weighted by molar-refractivity contribution is -0.123. The van der Waals surface area contributed by atoms with Gasteiger partial charge in [-0.15, -0.1) is 23.5 Å². The molecule has 0 saturated heterocycles. The van der Waals surface area contributed by atoms with Gasteiger partial charge < -0.3 is 25.7 Å². The van der Waals surface area contributed by atoms with Crippen LogP contribution < -0.4 is 5.32 Å². The van der Waals surface area contributed by atoms with Gasteiger partial charge in [-0.1, -0.05) is 13.8 Å². The molecular weight excluding hydrogens is 302 g/mol. The number of carbonyl (C=O) groups excluding carboxylic acids is 1. The molecule has 0 bridgehead atoms. The summed E-state index contributed by atoms with van der Waals surface area (Å²) in [5.41, 5.74) is 0. The van der Waals surface area contributed by atoms with Crippen molar-refractivity contribution < 1.29 is 25.2 Å². The van der Waals surface area contributed by atoms with Gasteiger partial charge in [0.25, 0.3) is 0 Å². The number of aliphatic hydroxyl groups excluding tert-OH is 4. The first kappa shape index (κ1) is 20.0. The predicted molar refractivity (Wildman–Crippen MR) is 82.8 cm³/mol. The van der Waals surface area contributed by atoms with Crippen LogP contribution in [0.15, 0.2) is 0 Å². The van der Waals surface area contributed by atoms with Crippen molar-refractivity contribution in [3.8, 4) is 0 Å². The Labute approximate surface area is 128 Å². The van der Waals surface area contributed by atoms with E-state index in [0.717, 1.165) is 11.5 Å². The Kier molecular flexibility index (Phi) is 10.7. The SMILES string of the molecule is CCSC(SCC)[C@@H](O)[C@H](NC(C)=O)[C@H](O)[C@H](O)CO. The fourth-order valence-corrected chi connectivity index (χ4v) is 4.29. The summed E-state index contributed by atoms with van der Waals surface area (Å²) < 4.78 is -0.234. The van der Waals surface area contributed by atoms with Crippen LogP contribution in [-0.2, 0) is 4.79 Å². The number of aliphatic hydroxyl groups is 4. The Bertz CT molecular complexity index is 277. The number of rotatable bonds is 10. The van der Waals surface area contributed by atoms with Crippen molar-refractivity contribution in [1.82, 2.24) is 5.32 Å². The summed E-state index contributed by atoms with van der Waals surface area (Å²) in [7, 11) is 0. The zero-order valence-electron chi connectivity index (χ0n) is 12.0. The molecular formula is C12H25NO5S2. The van der Waals surface area contributed by atoms with Crippen molar-refractivity contribution in [1.29, 1.82) is 0 Å². The molecule has 120 valence electrons. The third-order valence-electron chi connectivity index (χ3n) is 2.63. The molecule has 0 saturated carbocycles. The minimum atomic E-state index is -1.43. The molecule has 0 unspecified atom stereocenters. The maximum absolute atomic E-state index is 11.2. The first-order valence-corrected chi connectivity index (χ1v) is 8.64. The highest BCUT2D eigenvalue weighted by Crippen LogP contribution is 2.29. The molecule has 0 aliphatic heterocycles. The Morgan fingerprint density at radius 3 is 1.95 bits per heavy atom. The molecule has 0 aromatic rings. The fourth-order valence-electron chi connectivity index (χ4n) is 1.70. The van der Waals surface area contributed by atoms with E-state index in [1.54, 1.807) is 0 Å². The van der Waals surface area contributed by atoms with Gasteiger partial charge in [0.05, 0.1) is 23.3 Å². The summed E-state index contributed by atoms with van der Waals surface area (Å²) in [6.07, 6.45) is -3.89. The van der Waals surface area contributed by atoms with E-state index in [9.17, 15) is 20.1 Å². The highest BCUT2D eigenvalue weighted by Gasteiger charge is 2.36. The first-order chi connectivity index (χ1) is 9.38. The number of carbonyl (C=O) groups is 1. The normalized spacial score (nSPS) is 17.6. The smallest absolute Gasteiger partial charge is 0.217 e. The van der Waals surface area contributed by atoms with E-state index in [-0.39, 0.29) is 4.58 Å². The van der Waals surface area contributed by atoms with Crippen LogP contribution in [0.5, 0.6) is 0 Å². The molecule has 0 heterocycles. The third-order valence-corrected chi connectivity index (χ3v) is 5.33. The van der Waals surface area contributed by atoms with Gasteiger partial charge in [0.2, 0.25) is 5.91 Å².